The van der Waals surface area contributed by atoms with Crippen molar-refractivity contribution in [3.8, 4) is 0 Å². The molecular formula is C19H36O3Si. The first-order chi connectivity index (χ1) is 10.4. The van der Waals surface area contributed by atoms with Crippen LogP contribution < -0.4 is 0 Å². The number of methoxy groups -OCH3 is 1. The molecule has 0 aliphatic rings. The lowest BCUT2D eigenvalue weighted by Crippen LogP contribution is -2.43. The molecule has 0 aliphatic carbocycles. The number of ether oxygens (including phenoxy) is 1. The molecule has 0 saturated carbocycles. The monoisotopic (exact) mass is 340 g/mol. The maximum absolute atomic E-state index is 11.7. The first-order valence-corrected chi connectivity index (χ1v) is 11.3. The SMILES string of the molecule is C/C=C/C(C/C=C\CC(C)(C)C(=O)OC)O[Si](C)(C)C(C)(C)C. The molecule has 0 spiro atoms. The lowest BCUT2D eigenvalue weighted by molar-refractivity contribution is -0.150. The number of hydrogen-bond acceptors (Lipinski definition) is 3. The van der Waals surface area contributed by atoms with E-state index in [2.05, 4.69) is 52.1 Å². The fourth-order valence-corrected chi connectivity index (χ4v) is 3.19. The van der Waals surface area contributed by atoms with Crippen LogP contribution in [0.5, 0.6) is 0 Å². The summed E-state index contributed by atoms with van der Waals surface area (Å²) in [6.45, 7) is 17.1. The molecule has 23 heavy (non-hydrogen) atoms. The van der Waals surface area contributed by atoms with Gasteiger partial charge in [-0.2, -0.15) is 0 Å². The number of esters is 1. The minimum absolute atomic E-state index is 0.0957. The van der Waals surface area contributed by atoms with Crippen molar-refractivity contribution in [3.63, 3.8) is 0 Å². The van der Waals surface area contributed by atoms with Crippen molar-refractivity contribution in [2.24, 2.45) is 5.41 Å². The quantitative estimate of drug-likeness (QED) is 0.333. The van der Waals surface area contributed by atoms with Gasteiger partial charge in [0, 0.05) is 0 Å². The summed E-state index contributed by atoms with van der Waals surface area (Å²) >= 11 is 0. The van der Waals surface area contributed by atoms with Crippen molar-refractivity contribution in [1.29, 1.82) is 0 Å². The Bertz CT molecular complexity index is 428. The number of carbonyl (C=O) groups is 1. The van der Waals surface area contributed by atoms with Gasteiger partial charge in [-0.15, -0.1) is 0 Å². The molecule has 4 heteroatoms. The van der Waals surface area contributed by atoms with E-state index in [1.165, 1.54) is 7.11 Å². The molecule has 0 aromatic carbocycles. The summed E-state index contributed by atoms with van der Waals surface area (Å²) in [5.41, 5.74) is -0.484. The van der Waals surface area contributed by atoms with Crippen LogP contribution in [-0.4, -0.2) is 27.5 Å². The van der Waals surface area contributed by atoms with Crippen LogP contribution in [0.4, 0.5) is 0 Å². The Kier molecular flexibility index (Phi) is 8.50. The molecule has 0 aromatic rings. The van der Waals surface area contributed by atoms with Crippen LogP contribution in [0.25, 0.3) is 0 Å². The van der Waals surface area contributed by atoms with Crippen molar-refractivity contribution in [3.05, 3.63) is 24.3 Å². The van der Waals surface area contributed by atoms with Crippen molar-refractivity contribution < 1.29 is 14.0 Å². The van der Waals surface area contributed by atoms with Gasteiger partial charge in [-0.1, -0.05) is 45.1 Å². The molecule has 0 bridgehead atoms. The Balaban J connectivity index is 4.74. The van der Waals surface area contributed by atoms with E-state index < -0.39 is 13.7 Å². The van der Waals surface area contributed by atoms with E-state index in [0.717, 1.165) is 6.42 Å². The summed E-state index contributed by atoms with van der Waals surface area (Å²) in [6.07, 6.45) is 9.93. The Morgan fingerprint density at radius 1 is 1.13 bits per heavy atom. The molecule has 0 saturated heterocycles. The van der Waals surface area contributed by atoms with Gasteiger partial charge in [0.1, 0.15) is 0 Å². The van der Waals surface area contributed by atoms with Gasteiger partial charge in [-0.05, 0) is 51.7 Å². The summed E-state index contributed by atoms with van der Waals surface area (Å²) in [5.74, 6) is -0.176. The number of allylic oxidation sites excluding steroid dienone is 2. The molecule has 0 radical (unpaired) electrons. The van der Waals surface area contributed by atoms with Crippen LogP contribution in [0.1, 0.15) is 54.4 Å². The summed E-state index contributed by atoms with van der Waals surface area (Å²) in [6, 6.07) is 0. The second-order valence-electron chi connectivity index (χ2n) is 8.23. The minimum atomic E-state index is -1.78. The van der Waals surface area contributed by atoms with Gasteiger partial charge in [0.2, 0.25) is 0 Å². The molecule has 0 N–H and O–H groups in total. The van der Waals surface area contributed by atoms with Crippen LogP contribution in [-0.2, 0) is 14.0 Å². The molecule has 0 fully saturated rings. The van der Waals surface area contributed by atoms with Gasteiger partial charge in [-0.3, -0.25) is 4.79 Å². The van der Waals surface area contributed by atoms with Gasteiger partial charge in [-0.25, -0.2) is 0 Å². The van der Waals surface area contributed by atoms with Crippen LogP contribution in [0.2, 0.25) is 18.1 Å². The Morgan fingerprint density at radius 3 is 2.13 bits per heavy atom. The highest BCUT2D eigenvalue weighted by Crippen LogP contribution is 2.37. The fraction of sp³-hybridized carbons (Fsp3) is 0.737. The van der Waals surface area contributed by atoms with Gasteiger partial charge in [0.05, 0.1) is 18.6 Å². The second kappa shape index (κ2) is 8.83. The van der Waals surface area contributed by atoms with Crippen molar-refractivity contribution in [1.82, 2.24) is 0 Å². The molecule has 0 heterocycles. The average Bonchev–Trinajstić information content (AvgIpc) is 2.41. The van der Waals surface area contributed by atoms with Crippen molar-refractivity contribution in [2.75, 3.05) is 7.11 Å². The molecule has 0 aliphatic heterocycles. The highest BCUT2D eigenvalue weighted by Gasteiger charge is 2.38. The van der Waals surface area contributed by atoms with E-state index in [9.17, 15) is 4.79 Å². The maximum atomic E-state index is 11.7. The molecule has 134 valence electrons. The third-order valence-corrected chi connectivity index (χ3v) is 9.06. The largest absolute Gasteiger partial charge is 0.469 e. The zero-order valence-electron chi connectivity index (χ0n) is 16.5. The molecular weight excluding hydrogens is 304 g/mol. The standard InChI is InChI=1S/C19H36O3Si/c1-10-13-16(22-23(8,9)18(2,3)4)14-11-12-15-19(5,6)17(20)21-7/h10-13,16H,14-15H2,1-9H3/b12-11-,13-10+. The molecule has 0 rings (SSSR count). The van der Waals surface area contributed by atoms with E-state index in [1.807, 2.05) is 26.8 Å². The lowest BCUT2D eigenvalue weighted by Gasteiger charge is -2.38. The van der Waals surface area contributed by atoms with Gasteiger partial charge < -0.3 is 9.16 Å². The zero-order valence-corrected chi connectivity index (χ0v) is 17.5. The van der Waals surface area contributed by atoms with Crippen LogP contribution in [0.15, 0.2) is 24.3 Å². The smallest absolute Gasteiger partial charge is 0.311 e. The van der Waals surface area contributed by atoms with Crippen LogP contribution in [0, 0.1) is 5.41 Å². The Morgan fingerprint density at radius 2 is 1.70 bits per heavy atom. The third-order valence-electron chi connectivity index (χ3n) is 4.56. The van der Waals surface area contributed by atoms with E-state index in [0.29, 0.717) is 6.42 Å². The summed E-state index contributed by atoms with van der Waals surface area (Å²) in [4.78, 5) is 11.7. The predicted octanol–water partition coefficient (Wildman–Crippen LogP) is 5.49. The summed E-state index contributed by atoms with van der Waals surface area (Å²) in [7, 11) is -0.352. The van der Waals surface area contributed by atoms with Crippen LogP contribution in [0.3, 0.4) is 0 Å². The van der Waals surface area contributed by atoms with Crippen molar-refractivity contribution in [2.45, 2.75) is 78.6 Å². The van der Waals surface area contributed by atoms with E-state index >= 15 is 0 Å². The van der Waals surface area contributed by atoms with Gasteiger partial charge in [0.15, 0.2) is 8.32 Å². The van der Waals surface area contributed by atoms with Gasteiger partial charge in [0.25, 0.3) is 0 Å². The first-order valence-electron chi connectivity index (χ1n) is 8.41. The van der Waals surface area contributed by atoms with Crippen molar-refractivity contribution >= 4 is 14.3 Å². The summed E-state index contributed by atoms with van der Waals surface area (Å²) < 4.78 is 11.3. The molecule has 0 aromatic heterocycles. The normalized spacial score (nSPS) is 15.3. The van der Waals surface area contributed by atoms with E-state index in [4.69, 9.17) is 9.16 Å². The minimum Gasteiger partial charge on any atom is -0.469 e. The van der Waals surface area contributed by atoms with E-state index in [-0.39, 0.29) is 17.1 Å². The predicted molar refractivity (Wildman–Crippen MR) is 101 cm³/mol. The topological polar surface area (TPSA) is 35.5 Å². The number of hydrogen-bond donors (Lipinski definition) is 0. The second-order valence-corrected chi connectivity index (χ2v) is 13.0. The maximum Gasteiger partial charge on any atom is 0.311 e. The van der Waals surface area contributed by atoms with Crippen LogP contribution >= 0.6 is 0 Å². The fourth-order valence-electron chi connectivity index (χ4n) is 1.90. The Hall–Kier alpha value is -0.873. The Labute approximate surface area is 144 Å². The van der Waals surface area contributed by atoms with E-state index in [1.54, 1.807) is 0 Å². The average molecular weight is 341 g/mol. The highest BCUT2D eigenvalue weighted by atomic mass is 28.4. The van der Waals surface area contributed by atoms with Gasteiger partial charge >= 0.3 is 5.97 Å². The molecule has 1 unspecified atom stereocenters. The third kappa shape index (κ3) is 7.49. The molecule has 3 nitrogen and oxygen atoms in total. The first kappa shape index (κ1) is 22.1. The highest BCUT2D eigenvalue weighted by molar-refractivity contribution is 6.74. The lowest BCUT2D eigenvalue weighted by atomic mass is 9.89. The molecule has 1 atom stereocenters. The number of rotatable bonds is 8. The number of carbonyl (C=O) groups excluding carboxylic acids is 1. The zero-order chi connectivity index (χ0) is 18.3. The summed E-state index contributed by atoms with van der Waals surface area (Å²) in [5, 5.41) is 0.198. The molecule has 0 amide bonds.